The Bertz CT molecular complexity index is 672. The molecule has 0 aromatic rings. The number of rotatable bonds is 4. The van der Waals surface area contributed by atoms with E-state index >= 15 is 0 Å². The lowest BCUT2D eigenvalue weighted by atomic mass is 9.80. The number of carbonyl (C=O) groups excluding carboxylic acids is 1. The zero-order valence-corrected chi connectivity index (χ0v) is 14.6. The zero-order chi connectivity index (χ0) is 18.3. The fourth-order valence-electron chi connectivity index (χ4n) is 4.24. The smallest absolute Gasteiger partial charge is 0.215 e. The number of Topliss-reactive ketones (excluding diaryl/α,β-unsaturated/α-hetero) is 1. The predicted molar refractivity (Wildman–Crippen MR) is 94.9 cm³/mol. The number of aliphatic hydroxyl groups excluding tert-OH is 2. The summed E-state index contributed by atoms with van der Waals surface area (Å²) in [5, 5.41) is 19.3. The topological polar surface area (TPSA) is 133 Å². The van der Waals surface area contributed by atoms with E-state index in [-0.39, 0.29) is 25.0 Å². The van der Waals surface area contributed by atoms with Gasteiger partial charge in [0.2, 0.25) is 5.66 Å². The molecule has 4 N–H and O–H groups in total. The molecule has 4 rings (SSSR count). The van der Waals surface area contributed by atoms with Crippen molar-refractivity contribution in [2.45, 2.75) is 62.6 Å². The van der Waals surface area contributed by atoms with Crippen LogP contribution in [0.2, 0.25) is 0 Å². The van der Waals surface area contributed by atoms with Gasteiger partial charge in [-0.15, -0.1) is 0 Å². The van der Waals surface area contributed by atoms with E-state index in [1.807, 2.05) is 0 Å². The molecular formula is C17H25N5O4. The zero-order valence-electron chi connectivity index (χ0n) is 14.6. The highest BCUT2D eigenvalue weighted by atomic mass is 16.5. The molecule has 9 heteroatoms. The number of ketones is 1. The molecule has 1 saturated carbocycles. The number of hydrogen-bond donors (Lipinski definition) is 3. The third-order valence-electron chi connectivity index (χ3n) is 5.75. The van der Waals surface area contributed by atoms with Crippen molar-refractivity contribution in [2.24, 2.45) is 26.6 Å². The van der Waals surface area contributed by atoms with Gasteiger partial charge in [-0.25, -0.2) is 9.98 Å². The van der Waals surface area contributed by atoms with Crippen LogP contribution in [0.3, 0.4) is 0 Å². The first kappa shape index (κ1) is 17.7. The van der Waals surface area contributed by atoms with Crippen molar-refractivity contribution in [1.29, 1.82) is 0 Å². The van der Waals surface area contributed by atoms with Gasteiger partial charge in [-0.3, -0.25) is 15.5 Å². The van der Waals surface area contributed by atoms with Gasteiger partial charge in [0.1, 0.15) is 31.1 Å². The summed E-state index contributed by atoms with van der Waals surface area (Å²) in [4.78, 5) is 27.8. The Morgan fingerprint density at radius 1 is 1.38 bits per heavy atom. The molecule has 2 fully saturated rings. The Morgan fingerprint density at radius 2 is 2.15 bits per heavy atom. The van der Waals surface area contributed by atoms with Gasteiger partial charge in [-0.1, -0.05) is 19.3 Å². The minimum Gasteiger partial charge on any atom is -0.394 e. The van der Waals surface area contributed by atoms with Crippen molar-refractivity contribution in [1.82, 2.24) is 4.90 Å². The Morgan fingerprint density at radius 3 is 2.85 bits per heavy atom. The number of nitrogens with zero attached hydrogens (tertiary/aromatic N) is 4. The van der Waals surface area contributed by atoms with Gasteiger partial charge < -0.3 is 19.8 Å². The summed E-state index contributed by atoms with van der Waals surface area (Å²) in [5.41, 5.74) is 5.32. The Hall–Kier alpha value is -1.68. The fourth-order valence-corrected chi connectivity index (χ4v) is 4.24. The Kier molecular flexibility index (Phi) is 4.64. The maximum atomic E-state index is 13.1. The first-order valence-corrected chi connectivity index (χ1v) is 9.25. The number of ether oxygens (including phenoxy) is 1. The predicted octanol–water partition coefficient (Wildman–Crippen LogP) is -0.586. The summed E-state index contributed by atoms with van der Waals surface area (Å²) in [7, 11) is 0. The molecule has 4 aliphatic rings. The number of hydrogen-bond acceptors (Lipinski definition) is 9. The number of fused-ring (bicyclic) bond motifs is 1. The van der Waals surface area contributed by atoms with E-state index in [4.69, 9.17) is 10.5 Å². The lowest BCUT2D eigenvalue weighted by Gasteiger charge is -2.33. The third-order valence-corrected chi connectivity index (χ3v) is 5.75. The van der Waals surface area contributed by atoms with Crippen LogP contribution in [-0.4, -0.2) is 76.2 Å². The molecule has 0 aromatic heterocycles. The number of carbonyl (C=O) groups is 1. The van der Waals surface area contributed by atoms with Gasteiger partial charge in [-0.2, -0.15) is 0 Å². The lowest BCUT2D eigenvalue weighted by molar-refractivity contribution is -0.126. The van der Waals surface area contributed by atoms with Gasteiger partial charge in [0, 0.05) is 12.3 Å². The summed E-state index contributed by atoms with van der Waals surface area (Å²) in [6.45, 7) is -0.0158. The van der Waals surface area contributed by atoms with Crippen LogP contribution in [0, 0.1) is 5.92 Å². The number of nitrogens with two attached hydrogens (primary N) is 1. The molecule has 0 radical (unpaired) electrons. The van der Waals surface area contributed by atoms with Gasteiger partial charge in [0.15, 0.2) is 11.6 Å². The number of aliphatic imine (C=N–C) groups is 3. The summed E-state index contributed by atoms with van der Waals surface area (Å²) in [5.74, 6) is 0.287. The highest BCUT2D eigenvalue weighted by Gasteiger charge is 2.51. The number of aliphatic hydroxyl groups is 2. The van der Waals surface area contributed by atoms with E-state index in [2.05, 4.69) is 15.0 Å². The van der Waals surface area contributed by atoms with E-state index in [9.17, 15) is 15.0 Å². The highest BCUT2D eigenvalue weighted by Crippen LogP contribution is 2.32. The molecule has 142 valence electrons. The molecule has 0 bridgehead atoms. The molecule has 0 amide bonds. The van der Waals surface area contributed by atoms with Crippen LogP contribution in [-0.2, 0) is 9.53 Å². The Labute approximate surface area is 151 Å². The minimum absolute atomic E-state index is 0.0923. The molecule has 3 aliphatic heterocycles. The van der Waals surface area contributed by atoms with Crippen molar-refractivity contribution in [3.05, 3.63) is 0 Å². The normalized spacial score (nSPS) is 37.5. The first-order chi connectivity index (χ1) is 12.5. The van der Waals surface area contributed by atoms with Crippen LogP contribution < -0.4 is 5.73 Å². The largest absolute Gasteiger partial charge is 0.394 e. The average Bonchev–Trinajstić information content (AvgIpc) is 3.26. The maximum Gasteiger partial charge on any atom is 0.215 e. The molecular weight excluding hydrogens is 338 g/mol. The third kappa shape index (κ3) is 2.79. The molecule has 0 aromatic carbocycles. The van der Waals surface area contributed by atoms with Gasteiger partial charge in [0.05, 0.1) is 12.7 Å². The van der Waals surface area contributed by atoms with Crippen LogP contribution in [0.1, 0.15) is 38.5 Å². The van der Waals surface area contributed by atoms with Crippen molar-refractivity contribution in [3.8, 4) is 0 Å². The standard InChI is InChI=1S/C17H25N5O4/c18-17(15(25)10-4-2-1-3-5-10)14-16(19-8-21-17)22(9-20-14)13-6-11(24)12(7-23)26-13/h8,10-13,23-24H,1-7,9,18H2/t11-,12+,13+,17?/m0/s1. The van der Waals surface area contributed by atoms with E-state index in [1.54, 1.807) is 4.90 Å². The molecule has 1 saturated heterocycles. The number of amidine groups is 1. The van der Waals surface area contributed by atoms with E-state index < -0.39 is 24.1 Å². The summed E-state index contributed by atoms with van der Waals surface area (Å²) in [6.07, 6.45) is 4.70. The van der Waals surface area contributed by atoms with Crippen molar-refractivity contribution in [2.75, 3.05) is 13.3 Å². The van der Waals surface area contributed by atoms with Crippen LogP contribution in [0.25, 0.3) is 0 Å². The van der Waals surface area contributed by atoms with Crippen LogP contribution in [0.15, 0.2) is 15.0 Å². The minimum atomic E-state index is -1.50. The summed E-state index contributed by atoms with van der Waals surface area (Å²) < 4.78 is 5.70. The first-order valence-electron chi connectivity index (χ1n) is 9.25. The maximum absolute atomic E-state index is 13.1. The Balaban J connectivity index is 1.54. The van der Waals surface area contributed by atoms with Crippen LogP contribution >= 0.6 is 0 Å². The van der Waals surface area contributed by atoms with Crippen molar-refractivity contribution >= 4 is 23.7 Å². The average molecular weight is 363 g/mol. The van der Waals surface area contributed by atoms with Gasteiger partial charge >= 0.3 is 0 Å². The van der Waals surface area contributed by atoms with Gasteiger partial charge in [0.25, 0.3) is 0 Å². The second-order valence-electron chi connectivity index (χ2n) is 7.40. The second-order valence-corrected chi connectivity index (χ2v) is 7.40. The van der Waals surface area contributed by atoms with E-state index in [0.29, 0.717) is 18.0 Å². The molecule has 3 heterocycles. The molecule has 1 aliphatic carbocycles. The molecule has 26 heavy (non-hydrogen) atoms. The lowest BCUT2D eigenvalue weighted by Crippen LogP contribution is -2.60. The fraction of sp³-hybridized carbons (Fsp3) is 0.765. The molecule has 1 unspecified atom stereocenters. The van der Waals surface area contributed by atoms with Crippen molar-refractivity contribution < 1.29 is 19.7 Å². The second kappa shape index (κ2) is 6.80. The van der Waals surface area contributed by atoms with Crippen LogP contribution in [0.5, 0.6) is 0 Å². The molecule has 4 atom stereocenters. The molecule has 0 spiro atoms. The van der Waals surface area contributed by atoms with E-state index in [1.165, 1.54) is 6.34 Å². The molecule has 9 nitrogen and oxygen atoms in total. The van der Waals surface area contributed by atoms with E-state index in [0.717, 1.165) is 32.1 Å². The monoisotopic (exact) mass is 363 g/mol. The summed E-state index contributed by atoms with van der Waals surface area (Å²) >= 11 is 0. The summed E-state index contributed by atoms with van der Waals surface area (Å²) in [6, 6.07) is 0. The quantitative estimate of drug-likeness (QED) is 0.612. The highest BCUT2D eigenvalue weighted by molar-refractivity contribution is 6.51. The SMILES string of the molecule is NC1(C(=O)C2CCCCC2)N=CN=C2C1=NCN2[C@H]1C[C@H](O)[C@@H](CO)O1. The van der Waals surface area contributed by atoms with Crippen LogP contribution in [0.4, 0.5) is 0 Å². The van der Waals surface area contributed by atoms with Crippen molar-refractivity contribution in [3.63, 3.8) is 0 Å². The van der Waals surface area contributed by atoms with Gasteiger partial charge in [-0.05, 0) is 12.8 Å².